The highest BCUT2D eigenvalue weighted by Crippen LogP contribution is 2.19. The minimum absolute atomic E-state index is 0.0507. The summed E-state index contributed by atoms with van der Waals surface area (Å²) in [6, 6.07) is 7.94. The fourth-order valence-corrected chi connectivity index (χ4v) is 2.32. The third-order valence-electron chi connectivity index (χ3n) is 3.49. The topological polar surface area (TPSA) is 66.1 Å². The molecule has 0 spiro atoms. The van der Waals surface area contributed by atoms with E-state index in [2.05, 4.69) is 9.97 Å². The SMILES string of the molecule is Cc1ncc(CC(=O)N2C=Cc3ccccc3C2)c(=O)[nH]1. The van der Waals surface area contributed by atoms with Crippen molar-refractivity contribution in [3.8, 4) is 0 Å². The van der Waals surface area contributed by atoms with E-state index in [1.165, 1.54) is 6.20 Å². The summed E-state index contributed by atoms with van der Waals surface area (Å²) < 4.78 is 0. The number of rotatable bonds is 2. The summed E-state index contributed by atoms with van der Waals surface area (Å²) in [7, 11) is 0. The summed E-state index contributed by atoms with van der Waals surface area (Å²) in [5.41, 5.74) is 2.36. The maximum Gasteiger partial charge on any atom is 0.254 e. The molecule has 1 aromatic heterocycles. The van der Waals surface area contributed by atoms with Crippen molar-refractivity contribution >= 4 is 12.0 Å². The van der Waals surface area contributed by atoms with E-state index in [0.29, 0.717) is 17.9 Å². The second-order valence-electron chi connectivity index (χ2n) is 5.04. The van der Waals surface area contributed by atoms with E-state index in [1.807, 2.05) is 30.3 Å². The maximum atomic E-state index is 12.3. The Morgan fingerprint density at radius 3 is 3.00 bits per heavy atom. The van der Waals surface area contributed by atoms with Gasteiger partial charge in [0.15, 0.2) is 0 Å². The monoisotopic (exact) mass is 281 g/mol. The molecular weight excluding hydrogens is 266 g/mol. The van der Waals surface area contributed by atoms with Gasteiger partial charge in [-0.25, -0.2) is 4.98 Å². The van der Waals surface area contributed by atoms with Crippen LogP contribution in [-0.4, -0.2) is 20.8 Å². The zero-order valence-corrected chi connectivity index (χ0v) is 11.7. The molecule has 0 unspecified atom stereocenters. The molecule has 1 amide bonds. The number of aryl methyl sites for hydroxylation is 1. The Labute approximate surface area is 122 Å². The first kappa shape index (κ1) is 13.3. The molecule has 0 saturated heterocycles. The van der Waals surface area contributed by atoms with E-state index in [4.69, 9.17) is 0 Å². The fraction of sp³-hybridized carbons (Fsp3) is 0.188. The van der Waals surface area contributed by atoms with Crippen LogP contribution in [0.2, 0.25) is 0 Å². The normalized spacial score (nSPS) is 13.1. The third kappa shape index (κ3) is 2.76. The Bertz CT molecular complexity index is 777. The van der Waals surface area contributed by atoms with Crippen LogP contribution in [0.1, 0.15) is 22.5 Å². The van der Waals surface area contributed by atoms with E-state index < -0.39 is 0 Å². The molecule has 3 rings (SSSR count). The van der Waals surface area contributed by atoms with Crippen LogP contribution in [0.25, 0.3) is 6.08 Å². The van der Waals surface area contributed by atoms with E-state index >= 15 is 0 Å². The molecule has 0 radical (unpaired) electrons. The van der Waals surface area contributed by atoms with E-state index in [1.54, 1.807) is 18.0 Å². The van der Waals surface area contributed by atoms with Gasteiger partial charge in [0.05, 0.1) is 13.0 Å². The van der Waals surface area contributed by atoms with Gasteiger partial charge >= 0.3 is 0 Å². The summed E-state index contributed by atoms with van der Waals surface area (Å²) in [4.78, 5) is 32.3. The van der Waals surface area contributed by atoms with Gasteiger partial charge < -0.3 is 9.88 Å². The minimum atomic E-state index is -0.253. The molecule has 1 aromatic carbocycles. The van der Waals surface area contributed by atoms with Gasteiger partial charge in [0.2, 0.25) is 5.91 Å². The van der Waals surface area contributed by atoms with Gasteiger partial charge in [-0.2, -0.15) is 0 Å². The first-order valence-corrected chi connectivity index (χ1v) is 6.74. The zero-order chi connectivity index (χ0) is 14.8. The Morgan fingerprint density at radius 1 is 1.38 bits per heavy atom. The van der Waals surface area contributed by atoms with Crippen LogP contribution in [0.5, 0.6) is 0 Å². The predicted molar refractivity (Wildman–Crippen MR) is 79.3 cm³/mol. The highest BCUT2D eigenvalue weighted by molar-refractivity contribution is 5.81. The van der Waals surface area contributed by atoms with Gasteiger partial charge in [0.25, 0.3) is 5.56 Å². The van der Waals surface area contributed by atoms with Crippen molar-refractivity contribution in [2.24, 2.45) is 0 Å². The molecule has 0 aliphatic carbocycles. The third-order valence-corrected chi connectivity index (χ3v) is 3.49. The Morgan fingerprint density at radius 2 is 2.19 bits per heavy atom. The van der Waals surface area contributed by atoms with Crippen LogP contribution >= 0.6 is 0 Å². The van der Waals surface area contributed by atoms with Gasteiger partial charge in [-0.1, -0.05) is 24.3 Å². The lowest BCUT2D eigenvalue weighted by Gasteiger charge is -2.23. The molecule has 2 heterocycles. The lowest BCUT2D eigenvalue weighted by molar-refractivity contribution is -0.128. The number of fused-ring (bicyclic) bond motifs is 1. The number of aromatic nitrogens is 2. The summed E-state index contributed by atoms with van der Waals surface area (Å²) in [5, 5.41) is 0. The summed E-state index contributed by atoms with van der Waals surface area (Å²) in [6.07, 6.45) is 5.19. The van der Waals surface area contributed by atoms with Gasteiger partial charge in [-0.3, -0.25) is 9.59 Å². The lowest BCUT2D eigenvalue weighted by atomic mass is 10.0. The molecule has 0 saturated carbocycles. The first-order valence-electron chi connectivity index (χ1n) is 6.74. The molecule has 106 valence electrons. The van der Waals surface area contributed by atoms with Crippen LogP contribution in [0.4, 0.5) is 0 Å². The van der Waals surface area contributed by atoms with Gasteiger partial charge in [-0.15, -0.1) is 0 Å². The molecule has 5 nitrogen and oxygen atoms in total. The smallest absolute Gasteiger partial charge is 0.254 e. The molecule has 0 fully saturated rings. The molecule has 0 bridgehead atoms. The van der Waals surface area contributed by atoms with Crippen LogP contribution in [0, 0.1) is 6.92 Å². The molecule has 21 heavy (non-hydrogen) atoms. The highest BCUT2D eigenvalue weighted by atomic mass is 16.2. The van der Waals surface area contributed by atoms with E-state index in [0.717, 1.165) is 11.1 Å². The quantitative estimate of drug-likeness (QED) is 0.910. The van der Waals surface area contributed by atoms with Crippen molar-refractivity contribution in [1.82, 2.24) is 14.9 Å². The molecule has 1 N–H and O–H groups in total. The number of H-pyrrole nitrogens is 1. The zero-order valence-electron chi connectivity index (χ0n) is 11.7. The van der Waals surface area contributed by atoms with Crippen molar-refractivity contribution in [2.75, 3.05) is 0 Å². The fourth-order valence-electron chi connectivity index (χ4n) is 2.32. The van der Waals surface area contributed by atoms with Crippen LogP contribution in [0.3, 0.4) is 0 Å². The second kappa shape index (κ2) is 5.36. The van der Waals surface area contributed by atoms with Crippen molar-refractivity contribution in [1.29, 1.82) is 0 Å². The summed E-state index contributed by atoms with van der Waals surface area (Å²) in [5.74, 6) is 0.430. The van der Waals surface area contributed by atoms with Crippen LogP contribution in [-0.2, 0) is 17.8 Å². The number of carbonyl (C=O) groups is 1. The Hall–Kier alpha value is -2.69. The number of carbonyl (C=O) groups excluding carboxylic acids is 1. The molecule has 1 aliphatic heterocycles. The summed E-state index contributed by atoms with van der Waals surface area (Å²) in [6.45, 7) is 2.24. The second-order valence-corrected chi connectivity index (χ2v) is 5.04. The van der Waals surface area contributed by atoms with Crippen molar-refractivity contribution in [3.63, 3.8) is 0 Å². The standard InChI is InChI=1S/C16H15N3O2/c1-11-17-9-14(16(21)18-11)8-15(20)19-7-6-12-4-2-3-5-13(12)10-19/h2-7,9H,8,10H2,1H3,(H,17,18,21). The Kier molecular flexibility index (Phi) is 3.39. The van der Waals surface area contributed by atoms with Gasteiger partial charge in [0.1, 0.15) is 5.82 Å². The highest BCUT2D eigenvalue weighted by Gasteiger charge is 2.18. The van der Waals surface area contributed by atoms with Crippen LogP contribution in [0.15, 0.2) is 41.5 Å². The number of hydrogen-bond donors (Lipinski definition) is 1. The molecule has 1 aliphatic rings. The maximum absolute atomic E-state index is 12.3. The molecular formula is C16H15N3O2. The van der Waals surface area contributed by atoms with Crippen molar-refractivity contribution in [2.45, 2.75) is 19.9 Å². The van der Waals surface area contributed by atoms with Crippen molar-refractivity contribution in [3.05, 3.63) is 69.5 Å². The van der Waals surface area contributed by atoms with Crippen LogP contribution < -0.4 is 5.56 Å². The summed E-state index contributed by atoms with van der Waals surface area (Å²) >= 11 is 0. The average molecular weight is 281 g/mol. The van der Waals surface area contributed by atoms with Gasteiger partial charge in [0, 0.05) is 18.0 Å². The number of nitrogens with zero attached hydrogens (tertiary/aromatic N) is 2. The molecule has 0 atom stereocenters. The number of hydrogen-bond acceptors (Lipinski definition) is 3. The lowest BCUT2D eigenvalue weighted by Crippen LogP contribution is -2.30. The number of amides is 1. The number of nitrogens with one attached hydrogen (secondary N) is 1. The largest absolute Gasteiger partial charge is 0.314 e. The first-order chi connectivity index (χ1) is 10.1. The minimum Gasteiger partial charge on any atom is -0.314 e. The average Bonchev–Trinajstić information content (AvgIpc) is 2.49. The number of benzene rings is 1. The molecule has 2 aromatic rings. The van der Waals surface area contributed by atoms with Crippen molar-refractivity contribution < 1.29 is 4.79 Å². The van der Waals surface area contributed by atoms with E-state index in [-0.39, 0.29) is 17.9 Å². The number of aromatic amines is 1. The Balaban J connectivity index is 1.77. The predicted octanol–water partition coefficient (Wildman–Crippen LogP) is 1.63. The molecule has 5 heteroatoms. The van der Waals surface area contributed by atoms with Gasteiger partial charge in [-0.05, 0) is 24.1 Å². The van der Waals surface area contributed by atoms with E-state index in [9.17, 15) is 9.59 Å².